The fraction of sp³-hybridized carbons (Fsp3) is 0.231. The Hall–Kier alpha value is -2.22. The van der Waals surface area contributed by atoms with Crippen LogP contribution in [0.2, 0.25) is 0 Å². The van der Waals surface area contributed by atoms with Crippen LogP contribution in [0.25, 0.3) is 0 Å². The van der Waals surface area contributed by atoms with Gasteiger partial charge in [0, 0.05) is 13.2 Å². The Morgan fingerprint density at radius 3 is 2.81 bits per heavy atom. The van der Waals surface area contributed by atoms with E-state index in [0.717, 1.165) is 5.69 Å². The minimum atomic E-state index is -2.89. The summed E-state index contributed by atoms with van der Waals surface area (Å²) in [4.78, 5) is 0. The molecular formula is C13H14F2N4OS. The van der Waals surface area contributed by atoms with E-state index in [0.29, 0.717) is 17.3 Å². The van der Waals surface area contributed by atoms with E-state index in [9.17, 15) is 8.78 Å². The number of para-hydroxylation sites is 2. The van der Waals surface area contributed by atoms with Crippen molar-refractivity contribution in [3.05, 3.63) is 42.2 Å². The average Bonchev–Trinajstić information content (AvgIpc) is 2.84. The predicted molar refractivity (Wildman–Crippen MR) is 79.3 cm³/mol. The molecule has 0 saturated carbocycles. The molecule has 5 nitrogen and oxygen atoms in total. The third-order valence-electron chi connectivity index (χ3n) is 2.55. The van der Waals surface area contributed by atoms with E-state index in [1.165, 1.54) is 6.07 Å². The van der Waals surface area contributed by atoms with Crippen molar-refractivity contribution in [2.24, 2.45) is 7.05 Å². The maximum Gasteiger partial charge on any atom is 0.387 e. The van der Waals surface area contributed by atoms with Crippen molar-refractivity contribution in [3.63, 3.8) is 0 Å². The molecule has 0 aliphatic heterocycles. The normalized spacial score (nSPS) is 10.5. The molecule has 0 saturated heterocycles. The summed E-state index contributed by atoms with van der Waals surface area (Å²) in [6.45, 7) is -2.45. The quantitative estimate of drug-likeness (QED) is 0.831. The zero-order valence-electron chi connectivity index (χ0n) is 11.2. The van der Waals surface area contributed by atoms with E-state index in [2.05, 4.69) is 20.5 Å². The third kappa shape index (κ3) is 4.67. The van der Waals surface area contributed by atoms with Crippen molar-refractivity contribution < 1.29 is 13.5 Å². The standard InChI is InChI=1S/C13H14F2N4OS/c1-19-7-6-9(18-19)8-16-13(21)17-10-4-2-3-5-11(10)20-12(14)15/h2-7,12H,8H2,1H3,(H2,16,17,21). The van der Waals surface area contributed by atoms with Crippen LogP contribution < -0.4 is 15.4 Å². The van der Waals surface area contributed by atoms with E-state index < -0.39 is 6.61 Å². The lowest BCUT2D eigenvalue weighted by molar-refractivity contribution is -0.0493. The van der Waals surface area contributed by atoms with Gasteiger partial charge in [-0.2, -0.15) is 13.9 Å². The minimum absolute atomic E-state index is 0.0366. The molecule has 0 aliphatic rings. The van der Waals surface area contributed by atoms with Crippen LogP contribution in [0.5, 0.6) is 5.75 Å². The highest BCUT2D eigenvalue weighted by Crippen LogP contribution is 2.25. The number of aromatic nitrogens is 2. The Bertz CT molecular complexity index is 618. The van der Waals surface area contributed by atoms with Crippen molar-refractivity contribution >= 4 is 23.0 Å². The Balaban J connectivity index is 1.93. The number of nitrogens with one attached hydrogen (secondary N) is 2. The number of rotatable bonds is 5. The first kappa shape index (κ1) is 15.2. The van der Waals surface area contributed by atoms with Crippen molar-refractivity contribution in [1.29, 1.82) is 0 Å². The van der Waals surface area contributed by atoms with E-state index in [-0.39, 0.29) is 5.75 Å². The Labute approximate surface area is 125 Å². The van der Waals surface area contributed by atoms with E-state index in [1.807, 2.05) is 19.3 Å². The largest absolute Gasteiger partial charge is 0.433 e. The van der Waals surface area contributed by atoms with Gasteiger partial charge in [-0.1, -0.05) is 12.1 Å². The van der Waals surface area contributed by atoms with Gasteiger partial charge in [0.15, 0.2) is 5.11 Å². The van der Waals surface area contributed by atoms with Crippen LogP contribution in [0.1, 0.15) is 5.69 Å². The lowest BCUT2D eigenvalue weighted by Gasteiger charge is -2.13. The number of anilines is 1. The van der Waals surface area contributed by atoms with Crippen molar-refractivity contribution in [1.82, 2.24) is 15.1 Å². The maximum atomic E-state index is 12.3. The lowest BCUT2D eigenvalue weighted by atomic mass is 10.3. The molecule has 0 radical (unpaired) electrons. The lowest BCUT2D eigenvalue weighted by Crippen LogP contribution is -2.28. The first-order valence-corrected chi connectivity index (χ1v) is 6.52. The molecule has 1 aromatic carbocycles. The summed E-state index contributed by atoms with van der Waals surface area (Å²) in [6.07, 6.45) is 1.82. The molecule has 0 fully saturated rings. The number of alkyl halides is 2. The van der Waals surface area contributed by atoms with Gasteiger partial charge in [0.1, 0.15) is 5.75 Å². The molecule has 0 bridgehead atoms. The van der Waals surface area contributed by atoms with E-state index in [1.54, 1.807) is 22.9 Å². The number of ether oxygens (including phenoxy) is 1. The average molecular weight is 312 g/mol. The van der Waals surface area contributed by atoms with Gasteiger partial charge in [-0.25, -0.2) is 0 Å². The molecule has 0 atom stereocenters. The molecule has 21 heavy (non-hydrogen) atoms. The van der Waals surface area contributed by atoms with Gasteiger partial charge in [0.05, 0.1) is 17.9 Å². The second-order valence-electron chi connectivity index (χ2n) is 4.16. The number of hydrogen-bond acceptors (Lipinski definition) is 3. The molecule has 2 rings (SSSR count). The molecule has 112 valence electrons. The van der Waals surface area contributed by atoms with Gasteiger partial charge in [0.2, 0.25) is 0 Å². The Morgan fingerprint density at radius 1 is 1.38 bits per heavy atom. The fourth-order valence-corrected chi connectivity index (χ4v) is 1.85. The summed E-state index contributed by atoms with van der Waals surface area (Å²) in [7, 11) is 1.82. The number of aryl methyl sites for hydroxylation is 1. The van der Waals surface area contributed by atoms with Crippen LogP contribution in [0, 0.1) is 0 Å². The third-order valence-corrected chi connectivity index (χ3v) is 2.80. The zero-order valence-corrected chi connectivity index (χ0v) is 12.0. The van der Waals surface area contributed by atoms with Crippen LogP contribution >= 0.6 is 12.2 Å². The van der Waals surface area contributed by atoms with Crippen LogP contribution in [0.15, 0.2) is 36.5 Å². The number of benzene rings is 1. The fourth-order valence-electron chi connectivity index (χ4n) is 1.66. The topological polar surface area (TPSA) is 51.1 Å². The number of nitrogens with zero attached hydrogens (tertiary/aromatic N) is 2. The molecule has 1 aromatic heterocycles. The van der Waals surface area contributed by atoms with Gasteiger partial charge in [0.25, 0.3) is 0 Å². The smallest absolute Gasteiger partial charge is 0.387 e. The molecule has 2 aromatic rings. The zero-order chi connectivity index (χ0) is 15.2. The second-order valence-corrected chi connectivity index (χ2v) is 4.57. The van der Waals surface area contributed by atoms with Gasteiger partial charge >= 0.3 is 6.61 Å². The molecule has 0 unspecified atom stereocenters. The molecule has 0 amide bonds. The van der Waals surface area contributed by atoms with Gasteiger partial charge in [-0.3, -0.25) is 4.68 Å². The van der Waals surface area contributed by atoms with Crippen molar-refractivity contribution in [2.45, 2.75) is 13.2 Å². The molecule has 8 heteroatoms. The monoisotopic (exact) mass is 312 g/mol. The molecule has 1 heterocycles. The van der Waals surface area contributed by atoms with Crippen molar-refractivity contribution in [3.8, 4) is 5.75 Å². The highest BCUT2D eigenvalue weighted by Gasteiger charge is 2.10. The summed E-state index contributed by atoms with van der Waals surface area (Å²) in [5.41, 5.74) is 1.19. The van der Waals surface area contributed by atoms with E-state index >= 15 is 0 Å². The number of halogens is 2. The number of thiocarbonyl (C=S) groups is 1. The van der Waals surface area contributed by atoms with E-state index in [4.69, 9.17) is 12.2 Å². The maximum absolute atomic E-state index is 12.3. The first-order chi connectivity index (χ1) is 10.0. The SMILES string of the molecule is Cn1ccc(CNC(=S)Nc2ccccc2OC(F)F)n1. The summed E-state index contributed by atoms with van der Waals surface area (Å²) < 4.78 is 30.7. The number of hydrogen-bond donors (Lipinski definition) is 2. The Morgan fingerprint density at radius 2 is 2.14 bits per heavy atom. The predicted octanol–water partition coefficient (Wildman–Crippen LogP) is 2.51. The summed E-state index contributed by atoms with van der Waals surface area (Å²) in [6, 6.07) is 8.20. The first-order valence-electron chi connectivity index (χ1n) is 6.12. The highest BCUT2D eigenvalue weighted by atomic mass is 32.1. The highest BCUT2D eigenvalue weighted by molar-refractivity contribution is 7.80. The molecule has 0 aliphatic carbocycles. The summed E-state index contributed by atoms with van der Waals surface area (Å²) in [5, 5.41) is 10.2. The molecule has 2 N–H and O–H groups in total. The van der Waals surface area contributed by atoms with Crippen LogP contribution in [-0.2, 0) is 13.6 Å². The molecule has 0 spiro atoms. The molecular weight excluding hydrogens is 298 g/mol. The van der Waals surface area contributed by atoms with Crippen LogP contribution in [-0.4, -0.2) is 21.5 Å². The van der Waals surface area contributed by atoms with Crippen LogP contribution in [0.4, 0.5) is 14.5 Å². The van der Waals surface area contributed by atoms with Gasteiger partial charge in [-0.15, -0.1) is 0 Å². The van der Waals surface area contributed by atoms with Crippen molar-refractivity contribution in [2.75, 3.05) is 5.32 Å². The summed E-state index contributed by atoms with van der Waals surface area (Å²) >= 11 is 5.12. The second kappa shape index (κ2) is 6.98. The van der Waals surface area contributed by atoms with Gasteiger partial charge in [-0.05, 0) is 30.4 Å². The van der Waals surface area contributed by atoms with Crippen LogP contribution in [0.3, 0.4) is 0 Å². The van der Waals surface area contributed by atoms with Gasteiger partial charge < -0.3 is 15.4 Å². The Kier molecular flexibility index (Phi) is 5.04. The minimum Gasteiger partial charge on any atom is -0.433 e. The summed E-state index contributed by atoms with van der Waals surface area (Å²) in [5.74, 6) is 0.0366.